The molecule has 0 aliphatic carbocycles. The van der Waals surface area contributed by atoms with Crippen molar-refractivity contribution >= 4 is 6.21 Å². The van der Waals surface area contributed by atoms with Gasteiger partial charge in [0, 0.05) is 19.3 Å². The van der Waals surface area contributed by atoms with Gasteiger partial charge in [-0.25, -0.2) is 0 Å². The highest BCUT2D eigenvalue weighted by Gasteiger charge is 1.74. The Morgan fingerprint density at radius 1 is 1.38 bits per heavy atom. The van der Waals surface area contributed by atoms with E-state index in [1.165, 1.54) is 0 Å². The van der Waals surface area contributed by atoms with E-state index in [1.54, 1.807) is 6.21 Å². The van der Waals surface area contributed by atoms with Crippen molar-refractivity contribution in [3.8, 4) is 0 Å². The molecule has 0 saturated carbocycles. The monoisotopic (exact) mass is 115 g/mol. The molecule has 0 aliphatic rings. The van der Waals surface area contributed by atoms with Crippen LogP contribution < -0.4 is 11.5 Å². The molecule has 48 valence electrons. The van der Waals surface area contributed by atoms with Gasteiger partial charge in [-0.2, -0.15) is 0 Å². The molecule has 8 heavy (non-hydrogen) atoms. The lowest BCUT2D eigenvalue weighted by atomic mass is 10.4. The van der Waals surface area contributed by atoms with Gasteiger partial charge in [-0.3, -0.25) is 4.99 Å². The number of rotatable bonds is 4. The largest absolute Gasteiger partial charge is 0.330 e. The van der Waals surface area contributed by atoms with Gasteiger partial charge in [0.25, 0.3) is 0 Å². The fourth-order valence-corrected chi connectivity index (χ4v) is 0.348. The van der Waals surface area contributed by atoms with E-state index >= 15 is 0 Å². The van der Waals surface area contributed by atoms with Crippen LogP contribution in [-0.2, 0) is 0 Å². The number of aliphatic imine (C=N–C) groups is 1. The molecule has 0 atom stereocenters. The summed E-state index contributed by atoms with van der Waals surface area (Å²) in [5.74, 6) is 0. The molecule has 0 heterocycles. The average molecular weight is 115 g/mol. The maximum atomic E-state index is 5.21. The Hall–Kier alpha value is -0.410. The first-order chi connectivity index (χ1) is 3.91. The quantitative estimate of drug-likeness (QED) is 0.378. The minimum absolute atomic E-state index is 0.532. The smallest absolute Gasteiger partial charge is 0.0397 e. The van der Waals surface area contributed by atoms with Crippen LogP contribution in [0.25, 0.3) is 0 Å². The van der Waals surface area contributed by atoms with E-state index in [0.29, 0.717) is 13.1 Å². The van der Waals surface area contributed by atoms with Crippen LogP contribution in [0.3, 0.4) is 0 Å². The van der Waals surface area contributed by atoms with Gasteiger partial charge in [0.2, 0.25) is 0 Å². The molecule has 0 unspecified atom stereocenters. The lowest BCUT2D eigenvalue weighted by Gasteiger charge is -1.86. The van der Waals surface area contributed by atoms with Crippen LogP contribution in [0.2, 0.25) is 0 Å². The van der Waals surface area contributed by atoms with E-state index in [-0.39, 0.29) is 0 Å². The molecule has 0 amide bonds. The molecule has 3 nitrogen and oxygen atoms in total. The summed E-state index contributed by atoms with van der Waals surface area (Å²) in [6.45, 7) is 2.06. The van der Waals surface area contributed by atoms with E-state index in [4.69, 9.17) is 11.5 Å². The summed E-state index contributed by atoms with van der Waals surface area (Å²) in [5, 5.41) is 0. The average Bonchev–Trinajstić information content (AvgIpc) is 1.81. The highest BCUT2D eigenvalue weighted by atomic mass is 14.7. The van der Waals surface area contributed by atoms with Crippen LogP contribution in [0.4, 0.5) is 0 Å². The first-order valence-electron chi connectivity index (χ1n) is 2.80. The van der Waals surface area contributed by atoms with Gasteiger partial charge in [-0.05, 0) is 13.0 Å². The molecule has 0 aliphatic heterocycles. The van der Waals surface area contributed by atoms with E-state index < -0.39 is 0 Å². The Kier molecular flexibility index (Phi) is 6.25. The summed E-state index contributed by atoms with van der Waals surface area (Å²) >= 11 is 0. The van der Waals surface area contributed by atoms with Crippen molar-refractivity contribution in [2.75, 3.05) is 19.6 Å². The van der Waals surface area contributed by atoms with Crippen molar-refractivity contribution in [2.24, 2.45) is 16.5 Å². The Morgan fingerprint density at radius 3 is 2.62 bits per heavy atom. The Labute approximate surface area is 49.8 Å². The number of nitrogens with two attached hydrogens (primary N) is 2. The van der Waals surface area contributed by atoms with Gasteiger partial charge in [-0.15, -0.1) is 0 Å². The second-order valence-electron chi connectivity index (χ2n) is 1.47. The molecular formula is C5H13N3. The zero-order valence-corrected chi connectivity index (χ0v) is 5.01. The van der Waals surface area contributed by atoms with Crippen LogP contribution in [0, 0.1) is 0 Å². The fourth-order valence-electron chi connectivity index (χ4n) is 0.348. The van der Waals surface area contributed by atoms with Crippen molar-refractivity contribution in [2.45, 2.75) is 6.42 Å². The van der Waals surface area contributed by atoms with E-state index in [9.17, 15) is 0 Å². The zero-order valence-electron chi connectivity index (χ0n) is 5.01. The molecule has 3 heteroatoms. The second kappa shape index (κ2) is 6.59. The summed E-state index contributed by atoms with van der Waals surface area (Å²) in [6, 6.07) is 0. The third-order valence-electron chi connectivity index (χ3n) is 0.726. The van der Waals surface area contributed by atoms with Crippen LogP contribution in [0.5, 0.6) is 0 Å². The normalized spacial score (nSPS) is 10.8. The van der Waals surface area contributed by atoms with Crippen LogP contribution in [0.15, 0.2) is 4.99 Å². The summed E-state index contributed by atoms with van der Waals surface area (Å²) in [7, 11) is 0. The van der Waals surface area contributed by atoms with Crippen molar-refractivity contribution in [1.82, 2.24) is 0 Å². The van der Waals surface area contributed by atoms with E-state index in [2.05, 4.69) is 4.99 Å². The predicted molar refractivity (Wildman–Crippen MR) is 36.1 cm³/mol. The maximum absolute atomic E-state index is 5.21. The van der Waals surface area contributed by atoms with Crippen molar-refractivity contribution in [1.29, 1.82) is 0 Å². The topological polar surface area (TPSA) is 64.4 Å². The maximum Gasteiger partial charge on any atom is 0.0397 e. The molecule has 0 aromatic carbocycles. The Balaban J connectivity index is 2.80. The SMILES string of the molecule is NCC=NCCCN. The van der Waals surface area contributed by atoms with Gasteiger partial charge in [0.1, 0.15) is 0 Å². The van der Waals surface area contributed by atoms with Gasteiger partial charge in [-0.1, -0.05) is 0 Å². The molecule has 0 saturated heterocycles. The van der Waals surface area contributed by atoms with E-state index in [1.807, 2.05) is 0 Å². The van der Waals surface area contributed by atoms with Gasteiger partial charge in [0.05, 0.1) is 0 Å². The second-order valence-corrected chi connectivity index (χ2v) is 1.47. The lowest BCUT2D eigenvalue weighted by molar-refractivity contribution is 0.846. The molecule has 4 N–H and O–H groups in total. The summed E-state index contributed by atoms with van der Waals surface area (Å²) < 4.78 is 0. The summed E-state index contributed by atoms with van der Waals surface area (Å²) in [6.07, 6.45) is 2.66. The summed E-state index contributed by atoms with van der Waals surface area (Å²) in [5.41, 5.74) is 10.3. The molecule has 0 aromatic rings. The molecule has 0 bridgehead atoms. The summed E-state index contributed by atoms with van der Waals surface area (Å²) in [4.78, 5) is 3.95. The molecule has 0 radical (unpaired) electrons. The number of hydrogen-bond donors (Lipinski definition) is 2. The van der Waals surface area contributed by atoms with Crippen molar-refractivity contribution < 1.29 is 0 Å². The zero-order chi connectivity index (χ0) is 6.24. The molecule has 0 aromatic heterocycles. The highest BCUT2D eigenvalue weighted by Crippen LogP contribution is 1.72. The minimum atomic E-state index is 0.532. The first-order valence-corrected chi connectivity index (χ1v) is 2.80. The van der Waals surface area contributed by atoms with E-state index in [0.717, 1.165) is 13.0 Å². The van der Waals surface area contributed by atoms with Gasteiger partial charge in [0.15, 0.2) is 0 Å². The fraction of sp³-hybridized carbons (Fsp3) is 0.800. The number of nitrogens with zero attached hydrogens (tertiary/aromatic N) is 1. The highest BCUT2D eigenvalue weighted by molar-refractivity contribution is 5.58. The Morgan fingerprint density at radius 2 is 2.12 bits per heavy atom. The molecule has 0 fully saturated rings. The predicted octanol–water partition coefficient (Wildman–Crippen LogP) is -0.635. The van der Waals surface area contributed by atoms with Crippen LogP contribution in [0.1, 0.15) is 6.42 Å². The molecule has 0 spiro atoms. The Bertz CT molecular complexity index is 60.7. The van der Waals surface area contributed by atoms with Crippen molar-refractivity contribution in [3.63, 3.8) is 0 Å². The molecular weight excluding hydrogens is 102 g/mol. The third-order valence-corrected chi connectivity index (χ3v) is 0.726. The van der Waals surface area contributed by atoms with Crippen LogP contribution >= 0.6 is 0 Å². The van der Waals surface area contributed by atoms with Gasteiger partial charge < -0.3 is 11.5 Å². The first kappa shape index (κ1) is 7.59. The van der Waals surface area contributed by atoms with Crippen molar-refractivity contribution in [3.05, 3.63) is 0 Å². The lowest BCUT2D eigenvalue weighted by Crippen LogP contribution is -2.02. The van der Waals surface area contributed by atoms with Gasteiger partial charge >= 0.3 is 0 Å². The third kappa shape index (κ3) is 5.59. The number of hydrogen-bond acceptors (Lipinski definition) is 3. The minimum Gasteiger partial charge on any atom is -0.330 e. The van der Waals surface area contributed by atoms with Crippen LogP contribution in [-0.4, -0.2) is 25.8 Å². The standard InChI is InChI=1S/C5H13N3/c6-2-1-4-8-5-3-7/h5H,1-4,6-7H2. The molecule has 0 rings (SSSR count).